The topological polar surface area (TPSA) is 60.0 Å². The summed E-state index contributed by atoms with van der Waals surface area (Å²) < 4.78 is 16.8. The number of aromatic hydroxyl groups is 1. The number of methoxy groups -OCH3 is 1. The Morgan fingerprint density at radius 2 is 2.13 bits per heavy atom. The smallest absolute Gasteiger partial charge is 0.231 e. The van der Waals surface area contributed by atoms with Gasteiger partial charge in [0.05, 0.1) is 7.11 Å². The molecule has 0 radical (unpaired) electrons. The number of ether oxygens (including phenoxy) is 3. The van der Waals surface area contributed by atoms with E-state index in [2.05, 4.69) is 11.4 Å². The van der Waals surface area contributed by atoms with E-state index < -0.39 is 0 Å². The summed E-state index contributed by atoms with van der Waals surface area (Å²) in [5.74, 6) is 2.22. The molecule has 0 fully saturated rings. The molecule has 1 aliphatic carbocycles. The molecule has 0 bridgehead atoms. The minimum Gasteiger partial charge on any atom is -0.504 e. The van der Waals surface area contributed by atoms with Gasteiger partial charge in [0.1, 0.15) is 0 Å². The van der Waals surface area contributed by atoms with E-state index in [1.165, 1.54) is 16.7 Å². The predicted octanol–water partition coefficient (Wildman–Crippen LogP) is 2.54. The summed E-state index contributed by atoms with van der Waals surface area (Å²) in [6.45, 7) is 1.15. The molecule has 0 spiro atoms. The average Bonchev–Trinajstić information content (AvgIpc) is 3.03. The van der Waals surface area contributed by atoms with E-state index >= 15 is 0 Å². The molecule has 2 N–H and O–H groups in total. The molecule has 3 aliphatic rings. The van der Waals surface area contributed by atoms with Crippen LogP contribution in [0.25, 0.3) is 11.1 Å². The number of fused-ring (bicyclic) bond motifs is 4. The van der Waals surface area contributed by atoms with Crippen molar-refractivity contribution in [3.8, 4) is 34.1 Å². The molecule has 118 valence electrons. The van der Waals surface area contributed by atoms with Gasteiger partial charge in [-0.05, 0) is 48.2 Å². The Kier molecular flexibility index (Phi) is 2.59. The summed E-state index contributed by atoms with van der Waals surface area (Å²) in [7, 11) is 1.60. The van der Waals surface area contributed by atoms with Gasteiger partial charge in [-0.25, -0.2) is 0 Å². The molecule has 0 saturated carbocycles. The summed E-state index contributed by atoms with van der Waals surface area (Å²) in [6.07, 6.45) is 1.80. The van der Waals surface area contributed by atoms with Crippen molar-refractivity contribution in [2.24, 2.45) is 0 Å². The molecule has 2 aromatic carbocycles. The van der Waals surface area contributed by atoms with Crippen molar-refractivity contribution >= 4 is 0 Å². The Balaban J connectivity index is 1.90. The first-order chi connectivity index (χ1) is 11.3. The number of phenols is 1. The number of phenolic OH excluding ortho intramolecular Hbond substituents is 1. The van der Waals surface area contributed by atoms with Gasteiger partial charge in [0.25, 0.3) is 0 Å². The zero-order valence-corrected chi connectivity index (χ0v) is 12.8. The first kappa shape index (κ1) is 13.1. The number of hydrogen-bond acceptors (Lipinski definition) is 5. The van der Waals surface area contributed by atoms with Crippen LogP contribution in [-0.4, -0.2) is 25.6 Å². The van der Waals surface area contributed by atoms with Crippen LogP contribution in [0.1, 0.15) is 22.7 Å². The SMILES string of the molecule is COc1c(O)cc2c3c1-c1c(ccc4c1OCO4)C[C@H]3NCC2. The van der Waals surface area contributed by atoms with Crippen LogP contribution in [0.15, 0.2) is 18.2 Å². The summed E-state index contributed by atoms with van der Waals surface area (Å²) in [5, 5.41) is 14.0. The van der Waals surface area contributed by atoms with Gasteiger partial charge in [0.2, 0.25) is 6.79 Å². The number of hydrogen-bond donors (Lipinski definition) is 2. The fourth-order valence-corrected chi connectivity index (χ4v) is 4.11. The van der Waals surface area contributed by atoms with Crippen molar-refractivity contribution in [3.05, 3.63) is 34.9 Å². The molecular weight excluding hydrogens is 294 g/mol. The van der Waals surface area contributed by atoms with Crippen LogP contribution < -0.4 is 19.5 Å². The standard InChI is InChI=1S/C18H17NO4/c1-21-17-12(20)7-10-4-5-19-11-6-9-2-3-13-18(23-8-22-13)15(9)16(17)14(10)11/h2-3,7,11,19-20H,4-6,8H2,1H3/t11-/m1/s1. The minimum atomic E-state index is 0.186. The molecule has 0 amide bonds. The van der Waals surface area contributed by atoms with Crippen LogP contribution in [0.3, 0.4) is 0 Å². The summed E-state index contributed by atoms with van der Waals surface area (Å²) in [5.41, 5.74) is 5.55. The van der Waals surface area contributed by atoms with Crippen molar-refractivity contribution in [2.75, 3.05) is 20.4 Å². The highest BCUT2D eigenvalue weighted by molar-refractivity contribution is 5.88. The number of rotatable bonds is 1. The second kappa shape index (κ2) is 4.55. The highest BCUT2D eigenvalue weighted by Crippen LogP contribution is 2.55. The summed E-state index contributed by atoms with van der Waals surface area (Å²) >= 11 is 0. The van der Waals surface area contributed by atoms with Gasteiger partial charge in [-0.1, -0.05) is 6.07 Å². The Hall–Kier alpha value is -2.40. The van der Waals surface area contributed by atoms with Gasteiger partial charge in [0, 0.05) is 17.2 Å². The van der Waals surface area contributed by atoms with Crippen LogP contribution in [0.4, 0.5) is 0 Å². The quantitative estimate of drug-likeness (QED) is 0.847. The van der Waals surface area contributed by atoms with Gasteiger partial charge >= 0.3 is 0 Å². The largest absolute Gasteiger partial charge is 0.504 e. The van der Waals surface area contributed by atoms with Crippen molar-refractivity contribution in [2.45, 2.75) is 18.9 Å². The highest BCUT2D eigenvalue weighted by atomic mass is 16.7. The number of nitrogens with one attached hydrogen (secondary N) is 1. The van der Waals surface area contributed by atoms with E-state index in [4.69, 9.17) is 14.2 Å². The minimum absolute atomic E-state index is 0.186. The lowest BCUT2D eigenvalue weighted by molar-refractivity contribution is 0.174. The molecule has 2 aliphatic heterocycles. The van der Waals surface area contributed by atoms with E-state index in [-0.39, 0.29) is 18.6 Å². The Bertz CT molecular complexity index is 831. The monoisotopic (exact) mass is 311 g/mol. The van der Waals surface area contributed by atoms with Crippen LogP contribution >= 0.6 is 0 Å². The van der Waals surface area contributed by atoms with Crippen LogP contribution in [0.2, 0.25) is 0 Å². The van der Waals surface area contributed by atoms with Crippen LogP contribution in [-0.2, 0) is 12.8 Å². The molecule has 23 heavy (non-hydrogen) atoms. The van der Waals surface area contributed by atoms with Gasteiger partial charge in [-0.2, -0.15) is 0 Å². The van der Waals surface area contributed by atoms with Gasteiger partial charge in [-0.15, -0.1) is 0 Å². The molecule has 2 heterocycles. The zero-order chi connectivity index (χ0) is 15.6. The molecule has 1 atom stereocenters. The van der Waals surface area contributed by atoms with Gasteiger partial charge in [0.15, 0.2) is 23.0 Å². The molecule has 2 aromatic rings. The maximum atomic E-state index is 10.4. The molecule has 5 nitrogen and oxygen atoms in total. The Morgan fingerprint density at radius 1 is 1.22 bits per heavy atom. The van der Waals surface area contributed by atoms with Crippen molar-refractivity contribution < 1.29 is 19.3 Å². The van der Waals surface area contributed by atoms with E-state index in [9.17, 15) is 5.11 Å². The van der Waals surface area contributed by atoms with E-state index in [0.717, 1.165) is 42.0 Å². The Labute approximate surface area is 133 Å². The van der Waals surface area contributed by atoms with Crippen LogP contribution in [0.5, 0.6) is 23.0 Å². The first-order valence-corrected chi connectivity index (χ1v) is 7.86. The third-order valence-electron chi connectivity index (χ3n) is 5.02. The lowest BCUT2D eigenvalue weighted by Gasteiger charge is -2.35. The number of benzene rings is 2. The van der Waals surface area contributed by atoms with Gasteiger partial charge in [-0.3, -0.25) is 0 Å². The normalized spacial score (nSPS) is 20.0. The third-order valence-corrected chi connectivity index (χ3v) is 5.02. The Morgan fingerprint density at radius 3 is 3.00 bits per heavy atom. The van der Waals surface area contributed by atoms with E-state index in [1.54, 1.807) is 7.11 Å². The molecule has 5 heteroatoms. The third kappa shape index (κ3) is 1.65. The van der Waals surface area contributed by atoms with Crippen molar-refractivity contribution in [3.63, 3.8) is 0 Å². The molecule has 0 aromatic heterocycles. The van der Waals surface area contributed by atoms with E-state index in [0.29, 0.717) is 5.75 Å². The maximum Gasteiger partial charge on any atom is 0.231 e. The average molecular weight is 311 g/mol. The summed E-state index contributed by atoms with van der Waals surface area (Å²) in [6, 6.07) is 6.14. The molecular formula is C18H17NO4. The molecule has 5 rings (SSSR count). The highest BCUT2D eigenvalue weighted by Gasteiger charge is 2.36. The zero-order valence-electron chi connectivity index (χ0n) is 12.8. The molecule has 0 unspecified atom stereocenters. The maximum absolute atomic E-state index is 10.4. The fourth-order valence-electron chi connectivity index (χ4n) is 4.11. The first-order valence-electron chi connectivity index (χ1n) is 7.86. The second-order valence-electron chi connectivity index (χ2n) is 6.17. The van der Waals surface area contributed by atoms with Gasteiger partial charge < -0.3 is 24.6 Å². The van der Waals surface area contributed by atoms with Crippen molar-refractivity contribution in [1.29, 1.82) is 0 Å². The van der Waals surface area contributed by atoms with E-state index in [1.807, 2.05) is 12.1 Å². The predicted molar refractivity (Wildman–Crippen MR) is 84.4 cm³/mol. The molecule has 0 saturated heterocycles. The lowest BCUT2D eigenvalue weighted by atomic mass is 9.77. The van der Waals surface area contributed by atoms with Crippen LogP contribution in [0, 0.1) is 0 Å². The second-order valence-corrected chi connectivity index (χ2v) is 6.17. The van der Waals surface area contributed by atoms with Crippen molar-refractivity contribution in [1.82, 2.24) is 5.32 Å². The fraction of sp³-hybridized carbons (Fsp3) is 0.333. The lowest BCUT2D eigenvalue weighted by Crippen LogP contribution is -2.33. The summed E-state index contributed by atoms with van der Waals surface area (Å²) in [4.78, 5) is 0.